The van der Waals surface area contributed by atoms with Gasteiger partial charge in [-0.25, -0.2) is 4.79 Å². The number of carbonyl (C=O) groups is 1. The summed E-state index contributed by atoms with van der Waals surface area (Å²) in [5.74, 6) is -0.144. The predicted octanol–water partition coefficient (Wildman–Crippen LogP) is 2.76. The number of anilines is 1. The van der Waals surface area contributed by atoms with E-state index in [4.69, 9.17) is 15.6 Å². The average molecular weight is 332 g/mol. The van der Waals surface area contributed by atoms with Crippen molar-refractivity contribution >= 4 is 39.3 Å². The minimum atomic E-state index is -0.871. The van der Waals surface area contributed by atoms with Gasteiger partial charge in [0.05, 0.1) is 6.10 Å². The van der Waals surface area contributed by atoms with E-state index in [9.17, 15) is 4.79 Å². The number of hydrogen-bond donors (Lipinski definition) is 2. The Morgan fingerprint density at radius 2 is 2.33 bits per heavy atom. The average Bonchev–Trinajstić information content (AvgIpc) is 2.79. The van der Waals surface area contributed by atoms with Crippen LogP contribution in [0.5, 0.6) is 0 Å². The molecule has 3 N–H and O–H groups in total. The first-order valence-corrected chi connectivity index (χ1v) is 7.40. The van der Waals surface area contributed by atoms with Gasteiger partial charge in [0, 0.05) is 20.8 Å². The van der Waals surface area contributed by atoms with Gasteiger partial charge in [0.1, 0.15) is 0 Å². The fourth-order valence-corrected chi connectivity index (χ4v) is 3.39. The van der Waals surface area contributed by atoms with Crippen molar-refractivity contribution in [2.24, 2.45) is 0 Å². The third-order valence-electron chi connectivity index (χ3n) is 2.78. The molecular formula is C12H14BrNO3S. The van der Waals surface area contributed by atoms with Gasteiger partial charge in [-0.15, -0.1) is 11.8 Å². The predicted molar refractivity (Wildman–Crippen MR) is 74.8 cm³/mol. The number of carboxylic acids is 1. The summed E-state index contributed by atoms with van der Waals surface area (Å²) in [6, 6.07) is 5.71. The summed E-state index contributed by atoms with van der Waals surface area (Å²) < 4.78 is 6.42. The molecule has 1 aromatic carbocycles. The van der Waals surface area contributed by atoms with E-state index < -0.39 is 12.1 Å². The fraction of sp³-hybridized carbons (Fsp3) is 0.417. The van der Waals surface area contributed by atoms with Gasteiger partial charge in [-0.1, -0.05) is 15.9 Å². The fourth-order valence-electron chi connectivity index (χ4n) is 1.83. The maximum absolute atomic E-state index is 10.8. The third kappa shape index (κ3) is 3.40. The lowest BCUT2D eigenvalue weighted by Crippen LogP contribution is -2.21. The molecule has 0 aliphatic carbocycles. The maximum atomic E-state index is 10.8. The number of rotatable bonds is 4. The topological polar surface area (TPSA) is 72.6 Å². The molecule has 1 aliphatic heterocycles. The van der Waals surface area contributed by atoms with Crippen LogP contribution in [0.15, 0.2) is 27.6 Å². The Kier molecular flexibility index (Phi) is 4.53. The molecule has 0 radical (unpaired) electrons. The molecule has 0 aromatic heterocycles. The van der Waals surface area contributed by atoms with Crippen LogP contribution in [0, 0.1) is 0 Å². The molecule has 2 atom stereocenters. The van der Waals surface area contributed by atoms with Gasteiger partial charge in [-0.2, -0.15) is 0 Å². The third-order valence-corrected chi connectivity index (χ3v) is 4.48. The van der Waals surface area contributed by atoms with Crippen molar-refractivity contribution in [2.45, 2.75) is 29.9 Å². The summed E-state index contributed by atoms with van der Waals surface area (Å²) >= 11 is 5.00. The SMILES string of the molecule is Nc1ccc(Br)cc1SCC1CCC(C(=O)O)O1. The number of nitrogens with two attached hydrogens (primary N) is 1. The Balaban J connectivity index is 1.89. The first-order chi connectivity index (χ1) is 8.56. The largest absolute Gasteiger partial charge is 0.479 e. The first kappa shape index (κ1) is 13.7. The van der Waals surface area contributed by atoms with Crippen LogP contribution in [0.3, 0.4) is 0 Å². The van der Waals surface area contributed by atoms with E-state index in [1.807, 2.05) is 18.2 Å². The maximum Gasteiger partial charge on any atom is 0.332 e. The Morgan fingerprint density at radius 1 is 1.56 bits per heavy atom. The molecular weight excluding hydrogens is 318 g/mol. The summed E-state index contributed by atoms with van der Waals surface area (Å²) in [5, 5.41) is 8.84. The van der Waals surface area contributed by atoms with Gasteiger partial charge in [0.15, 0.2) is 6.10 Å². The minimum Gasteiger partial charge on any atom is -0.479 e. The molecule has 0 amide bonds. The van der Waals surface area contributed by atoms with Gasteiger partial charge in [0.25, 0.3) is 0 Å². The molecule has 0 saturated carbocycles. The summed E-state index contributed by atoms with van der Waals surface area (Å²) in [5.41, 5.74) is 6.61. The van der Waals surface area contributed by atoms with Gasteiger partial charge in [-0.3, -0.25) is 0 Å². The molecule has 1 aromatic rings. The summed E-state index contributed by atoms with van der Waals surface area (Å²) in [6.45, 7) is 0. The van der Waals surface area contributed by atoms with Gasteiger partial charge in [0.2, 0.25) is 0 Å². The van der Waals surface area contributed by atoms with Gasteiger partial charge < -0.3 is 15.6 Å². The molecule has 0 spiro atoms. The molecule has 1 heterocycles. The van der Waals surface area contributed by atoms with Gasteiger partial charge in [-0.05, 0) is 31.0 Å². The molecule has 1 fully saturated rings. The van der Waals surface area contributed by atoms with E-state index in [-0.39, 0.29) is 6.10 Å². The van der Waals surface area contributed by atoms with E-state index in [0.29, 0.717) is 6.42 Å². The van der Waals surface area contributed by atoms with Crippen molar-refractivity contribution in [1.29, 1.82) is 0 Å². The molecule has 2 unspecified atom stereocenters. The first-order valence-electron chi connectivity index (χ1n) is 5.62. The highest BCUT2D eigenvalue weighted by Crippen LogP contribution is 2.31. The van der Waals surface area contributed by atoms with Crippen LogP contribution in [0.2, 0.25) is 0 Å². The second kappa shape index (κ2) is 5.95. The minimum absolute atomic E-state index is 0.00511. The summed E-state index contributed by atoms with van der Waals surface area (Å²) in [4.78, 5) is 11.8. The van der Waals surface area contributed by atoms with Crippen LogP contribution in [0.1, 0.15) is 12.8 Å². The number of hydrogen-bond acceptors (Lipinski definition) is 4. The number of benzene rings is 1. The highest BCUT2D eigenvalue weighted by Gasteiger charge is 2.30. The van der Waals surface area contributed by atoms with E-state index in [0.717, 1.165) is 27.2 Å². The lowest BCUT2D eigenvalue weighted by Gasteiger charge is -2.12. The van der Waals surface area contributed by atoms with Crippen LogP contribution in [-0.4, -0.2) is 29.0 Å². The quantitative estimate of drug-likeness (QED) is 0.655. The zero-order chi connectivity index (χ0) is 13.1. The second-order valence-corrected chi connectivity index (χ2v) is 6.13. The van der Waals surface area contributed by atoms with Crippen LogP contribution < -0.4 is 5.73 Å². The molecule has 0 bridgehead atoms. The number of halogens is 1. The van der Waals surface area contributed by atoms with E-state index in [1.54, 1.807) is 11.8 Å². The van der Waals surface area contributed by atoms with Crippen molar-refractivity contribution in [3.05, 3.63) is 22.7 Å². The van der Waals surface area contributed by atoms with Crippen LogP contribution in [0.25, 0.3) is 0 Å². The standard InChI is InChI=1S/C12H14BrNO3S/c13-7-1-3-9(14)11(5-7)18-6-8-2-4-10(17-8)12(15)16/h1,3,5,8,10H,2,4,6,14H2,(H,15,16). The highest BCUT2D eigenvalue weighted by molar-refractivity contribution is 9.10. The molecule has 1 saturated heterocycles. The molecule has 98 valence electrons. The summed E-state index contributed by atoms with van der Waals surface area (Å²) in [7, 11) is 0. The number of nitrogen functional groups attached to an aromatic ring is 1. The van der Waals surface area contributed by atoms with E-state index >= 15 is 0 Å². The van der Waals surface area contributed by atoms with Crippen molar-refractivity contribution in [3.63, 3.8) is 0 Å². The van der Waals surface area contributed by atoms with Crippen molar-refractivity contribution < 1.29 is 14.6 Å². The highest BCUT2D eigenvalue weighted by atomic mass is 79.9. The Hall–Kier alpha value is -0.720. The Morgan fingerprint density at radius 3 is 3.00 bits per heavy atom. The molecule has 4 nitrogen and oxygen atoms in total. The lowest BCUT2D eigenvalue weighted by atomic mass is 10.2. The van der Waals surface area contributed by atoms with Crippen LogP contribution in [-0.2, 0) is 9.53 Å². The molecule has 18 heavy (non-hydrogen) atoms. The van der Waals surface area contributed by atoms with E-state index in [1.165, 1.54) is 0 Å². The molecule has 6 heteroatoms. The Labute approximate surface area is 118 Å². The molecule has 2 rings (SSSR count). The number of thioether (sulfide) groups is 1. The second-order valence-electron chi connectivity index (χ2n) is 4.16. The van der Waals surface area contributed by atoms with Gasteiger partial charge >= 0.3 is 5.97 Å². The zero-order valence-corrected chi connectivity index (χ0v) is 12.0. The number of carboxylic acid groups (broad SMARTS) is 1. The van der Waals surface area contributed by atoms with Crippen LogP contribution >= 0.6 is 27.7 Å². The number of ether oxygens (including phenoxy) is 1. The normalized spacial score (nSPS) is 23.2. The Bertz CT molecular complexity index is 455. The lowest BCUT2D eigenvalue weighted by molar-refractivity contribution is -0.148. The van der Waals surface area contributed by atoms with Crippen molar-refractivity contribution in [1.82, 2.24) is 0 Å². The molecule has 1 aliphatic rings. The zero-order valence-electron chi connectivity index (χ0n) is 9.64. The van der Waals surface area contributed by atoms with Crippen molar-refractivity contribution in [3.8, 4) is 0 Å². The van der Waals surface area contributed by atoms with Crippen LogP contribution in [0.4, 0.5) is 5.69 Å². The monoisotopic (exact) mass is 331 g/mol. The number of aliphatic carboxylic acids is 1. The van der Waals surface area contributed by atoms with E-state index in [2.05, 4.69) is 15.9 Å². The smallest absolute Gasteiger partial charge is 0.332 e. The van der Waals surface area contributed by atoms with Crippen molar-refractivity contribution in [2.75, 3.05) is 11.5 Å². The summed E-state index contributed by atoms with van der Waals surface area (Å²) in [6.07, 6.45) is 0.733.